The van der Waals surface area contributed by atoms with Gasteiger partial charge < -0.3 is 11.1 Å². The third kappa shape index (κ3) is 4.07. The van der Waals surface area contributed by atoms with Crippen LogP contribution in [-0.2, 0) is 10.2 Å². The van der Waals surface area contributed by atoms with Crippen molar-refractivity contribution in [1.82, 2.24) is 0 Å². The number of anilines is 1. The molecule has 1 saturated carbocycles. The summed E-state index contributed by atoms with van der Waals surface area (Å²) in [6.07, 6.45) is 5.30. The maximum atomic E-state index is 12.6. The van der Waals surface area contributed by atoms with Crippen LogP contribution in [0.2, 0.25) is 0 Å². The number of amides is 1. The Morgan fingerprint density at radius 1 is 1.14 bits per heavy atom. The summed E-state index contributed by atoms with van der Waals surface area (Å²) in [5.41, 5.74) is 8.30. The molecule has 0 radical (unpaired) electrons. The average molecular weight is 288 g/mol. The molecule has 116 valence electrons. The predicted octanol–water partition coefficient (Wildman–Crippen LogP) is 3.83. The van der Waals surface area contributed by atoms with Crippen molar-refractivity contribution in [2.24, 2.45) is 11.7 Å². The third-order valence-corrected chi connectivity index (χ3v) is 4.40. The zero-order valence-corrected chi connectivity index (χ0v) is 13.5. The number of carbonyl (C=O) groups excluding carboxylic acids is 1. The SMILES string of the molecule is CC(C)(C)c1ccccc1NC(=O)C1CCCCCC1N. The highest BCUT2D eigenvalue weighted by Crippen LogP contribution is 2.30. The number of benzene rings is 1. The summed E-state index contributed by atoms with van der Waals surface area (Å²) in [5, 5.41) is 3.13. The molecule has 1 fully saturated rings. The summed E-state index contributed by atoms with van der Waals surface area (Å²) in [6.45, 7) is 6.49. The molecule has 0 spiro atoms. The van der Waals surface area contributed by atoms with Crippen molar-refractivity contribution >= 4 is 11.6 Å². The molecule has 0 heterocycles. The van der Waals surface area contributed by atoms with Crippen LogP contribution in [-0.4, -0.2) is 11.9 Å². The van der Waals surface area contributed by atoms with Gasteiger partial charge in [0, 0.05) is 11.7 Å². The Labute approximate surface area is 128 Å². The summed E-state index contributed by atoms with van der Waals surface area (Å²) < 4.78 is 0. The number of hydrogen-bond donors (Lipinski definition) is 2. The van der Waals surface area contributed by atoms with Crippen molar-refractivity contribution in [3.05, 3.63) is 29.8 Å². The van der Waals surface area contributed by atoms with E-state index in [0.29, 0.717) is 0 Å². The number of rotatable bonds is 2. The lowest BCUT2D eigenvalue weighted by atomic mass is 9.85. The van der Waals surface area contributed by atoms with Crippen molar-refractivity contribution in [3.63, 3.8) is 0 Å². The molecule has 3 N–H and O–H groups in total. The number of para-hydroxylation sites is 1. The lowest BCUT2D eigenvalue weighted by Gasteiger charge is -2.25. The van der Waals surface area contributed by atoms with E-state index in [-0.39, 0.29) is 23.3 Å². The van der Waals surface area contributed by atoms with Crippen LogP contribution < -0.4 is 11.1 Å². The maximum absolute atomic E-state index is 12.6. The highest BCUT2D eigenvalue weighted by Gasteiger charge is 2.28. The lowest BCUT2D eigenvalue weighted by molar-refractivity contribution is -0.120. The highest BCUT2D eigenvalue weighted by atomic mass is 16.1. The van der Waals surface area contributed by atoms with E-state index in [1.807, 2.05) is 18.2 Å². The molecule has 2 atom stereocenters. The first kappa shape index (κ1) is 16.0. The molecule has 3 heteroatoms. The fourth-order valence-electron chi connectivity index (χ4n) is 3.13. The first-order chi connectivity index (χ1) is 9.89. The Balaban J connectivity index is 2.16. The molecule has 0 aromatic heterocycles. The largest absolute Gasteiger partial charge is 0.327 e. The van der Waals surface area contributed by atoms with Gasteiger partial charge in [0.2, 0.25) is 5.91 Å². The topological polar surface area (TPSA) is 55.1 Å². The standard InChI is InChI=1S/C18H28N2O/c1-18(2,3)14-10-7-8-12-16(14)20-17(21)13-9-5-4-6-11-15(13)19/h7-8,10,12-13,15H,4-6,9,11,19H2,1-3H3,(H,20,21). The molecule has 1 aliphatic carbocycles. The van der Waals surface area contributed by atoms with E-state index in [9.17, 15) is 4.79 Å². The van der Waals surface area contributed by atoms with E-state index in [1.165, 1.54) is 12.0 Å². The fraction of sp³-hybridized carbons (Fsp3) is 0.611. The fourth-order valence-corrected chi connectivity index (χ4v) is 3.13. The second-order valence-corrected chi connectivity index (χ2v) is 7.19. The van der Waals surface area contributed by atoms with Gasteiger partial charge in [0.25, 0.3) is 0 Å². The third-order valence-electron chi connectivity index (χ3n) is 4.40. The Morgan fingerprint density at radius 2 is 1.81 bits per heavy atom. The molecular formula is C18H28N2O. The zero-order valence-electron chi connectivity index (χ0n) is 13.5. The quantitative estimate of drug-likeness (QED) is 0.813. The van der Waals surface area contributed by atoms with Crippen LogP contribution in [0.4, 0.5) is 5.69 Å². The molecule has 1 aromatic rings. The van der Waals surface area contributed by atoms with Crippen LogP contribution in [0.3, 0.4) is 0 Å². The minimum Gasteiger partial charge on any atom is -0.327 e. The Hall–Kier alpha value is -1.35. The minimum absolute atomic E-state index is 0.00528. The summed E-state index contributed by atoms with van der Waals surface area (Å²) in [6, 6.07) is 8.06. The van der Waals surface area contributed by atoms with Gasteiger partial charge in [-0.25, -0.2) is 0 Å². The molecule has 2 unspecified atom stereocenters. The van der Waals surface area contributed by atoms with Crippen LogP contribution in [0, 0.1) is 5.92 Å². The molecule has 2 rings (SSSR count). The Bertz CT molecular complexity index is 490. The second-order valence-electron chi connectivity index (χ2n) is 7.19. The molecular weight excluding hydrogens is 260 g/mol. The molecule has 1 amide bonds. The van der Waals surface area contributed by atoms with Gasteiger partial charge in [-0.05, 0) is 29.9 Å². The van der Waals surface area contributed by atoms with Crippen molar-refractivity contribution < 1.29 is 4.79 Å². The summed E-state index contributed by atoms with van der Waals surface area (Å²) in [4.78, 5) is 12.6. The van der Waals surface area contributed by atoms with Crippen molar-refractivity contribution in [3.8, 4) is 0 Å². The van der Waals surface area contributed by atoms with Gasteiger partial charge in [-0.2, -0.15) is 0 Å². The summed E-state index contributed by atoms with van der Waals surface area (Å²) >= 11 is 0. The van der Waals surface area contributed by atoms with E-state index < -0.39 is 0 Å². The van der Waals surface area contributed by atoms with Gasteiger partial charge in [-0.15, -0.1) is 0 Å². The predicted molar refractivity (Wildman–Crippen MR) is 88.3 cm³/mol. The normalized spacial score (nSPS) is 23.4. The zero-order chi connectivity index (χ0) is 15.5. The van der Waals surface area contributed by atoms with Crippen LogP contribution in [0.15, 0.2) is 24.3 Å². The van der Waals surface area contributed by atoms with Gasteiger partial charge in [0.05, 0.1) is 5.92 Å². The average Bonchev–Trinajstić information content (AvgIpc) is 2.62. The second kappa shape index (κ2) is 6.61. The van der Waals surface area contributed by atoms with E-state index in [4.69, 9.17) is 5.73 Å². The van der Waals surface area contributed by atoms with E-state index in [2.05, 4.69) is 32.2 Å². The summed E-state index contributed by atoms with van der Waals surface area (Å²) in [7, 11) is 0. The lowest BCUT2D eigenvalue weighted by Crippen LogP contribution is -2.38. The van der Waals surface area contributed by atoms with Crippen LogP contribution >= 0.6 is 0 Å². The van der Waals surface area contributed by atoms with Gasteiger partial charge in [0.1, 0.15) is 0 Å². The Morgan fingerprint density at radius 3 is 2.52 bits per heavy atom. The number of nitrogens with two attached hydrogens (primary N) is 1. The van der Waals surface area contributed by atoms with Gasteiger partial charge in [-0.3, -0.25) is 4.79 Å². The number of carbonyl (C=O) groups is 1. The minimum atomic E-state index is -0.0551. The first-order valence-electron chi connectivity index (χ1n) is 8.05. The van der Waals surface area contributed by atoms with Crippen molar-refractivity contribution in [2.45, 2.75) is 64.3 Å². The van der Waals surface area contributed by atoms with Gasteiger partial charge >= 0.3 is 0 Å². The van der Waals surface area contributed by atoms with Gasteiger partial charge in [-0.1, -0.05) is 58.2 Å². The monoisotopic (exact) mass is 288 g/mol. The van der Waals surface area contributed by atoms with Crippen molar-refractivity contribution in [2.75, 3.05) is 5.32 Å². The van der Waals surface area contributed by atoms with Crippen LogP contribution in [0.25, 0.3) is 0 Å². The van der Waals surface area contributed by atoms with E-state index in [1.54, 1.807) is 0 Å². The number of hydrogen-bond acceptors (Lipinski definition) is 2. The molecule has 1 aromatic carbocycles. The molecule has 0 bridgehead atoms. The first-order valence-corrected chi connectivity index (χ1v) is 8.05. The van der Waals surface area contributed by atoms with E-state index >= 15 is 0 Å². The smallest absolute Gasteiger partial charge is 0.229 e. The van der Waals surface area contributed by atoms with Crippen LogP contribution in [0.5, 0.6) is 0 Å². The molecule has 3 nitrogen and oxygen atoms in total. The molecule has 21 heavy (non-hydrogen) atoms. The molecule has 0 aliphatic heterocycles. The number of nitrogens with one attached hydrogen (secondary N) is 1. The highest BCUT2D eigenvalue weighted by molar-refractivity contribution is 5.94. The van der Waals surface area contributed by atoms with Crippen molar-refractivity contribution in [1.29, 1.82) is 0 Å². The Kier molecular flexibility index (Phi) is 5.04. The van der Waals surface area contributed by atoms with Gasteiger partial charge in [0.15, 0.2) is 0 Å². The summed E-state index contributed by atoms with van der Waals surface area (Å²) in [5.74, 6) is 0.0293. The van der Waals surface area contributed by atoms with E-state index in [0.717, 1.165) is 31.4 Å². The van der Waals surface area contributed by atoms with Crippen LogP contribution in [0.1, 0.15) is 58.4 Å². The molecule has 0 saturated heterocycles. The molecule has 1 aliphatic rings. The maximum Gasteiger partial charge on any atom is 0.229 e.